The maximum atomic E-state index is 11.2. The third kappa shape index (κ3) is 2.71. The minimum absolute atomic E-state index is 0.0266. The van der Waals surface area contributed by atoms with Gasteiger partial charge in [0.05, 0.1) is 11.9 Å². The molecule has 1 aromatic rings. The van der Waals surface area contributed by atoms with Gasteiger partial charge in [0.25, 0.3) is 0 Å². The van der Waals surface area contributed by atoms with Crippen molar-refractivity contribution >= 4 is 11.5 Å². The zero-order valence-electron chi connectivity index (χ0n) is 11.6. The van der Waals surface area contributed by atoms with E-state index in [0.717, 1.165) is 18.8 Å². The summed E-state index contributed by atoms with van der Waals surface area (Å²) in [6, 6.07) is 3.84. The predicted octanol–water partition coefficient (Wildman–Crippen LogP) is 3.30. The minimum Gasteiger partial charge on any atom is -0.370 e. The fourth-order valence-corrected chi connectivity index (χ4v) is 2.44. The third-order valence-electron chi connectivity index (χ3n) is 4.30. The van der Waals surface area contributed by atoms with Gasteiger partial charge in [0.2, 0.25) is 0 Å². The van der Waals surface area contributed by atoms with E-state index < -0.39 is 0 Å². The topological polar surface area (TPSA) is 33.2 Å². The van der Waals surface area contributed by atoms with Crippen LogP contribution in [-0.2, 0) is 0 Å². The van der Waals surface area contributed by atoms with Gasteiger partial charge < -0.3 is 4.90 Å². The van der Waals surface area contributed by atoms with Gasteiger partial charge in [-0.15, -0.1) is 0 Å². The van der Waals surface area contributed by atoms with Gasteiger partial charge in [0.15, 0.2) is 5.78 Å². The third-order valence-corrected chi connectivity index (χ3v) is 4.30. The lowest BCUT2D eigenvalue weighted by atomic mass is 9.78. The van der Waals surface area contributed by atoms with Gasteiger partial charge in [0.1, 0.15) is 5.69 Å². The number of hydrogen-bond donors (Lipinski definition) is 0. The number of hydrogen-bond acceptors (Lipinski definition) is 3. The molecule has 1 fully saturated rings. The minimum atomic E-state index is 0.0266. The molecule has 0 unspecified atom stereocenters. The van der Waals surface area contributed by atoms with Crippen molar-refractivity contribution in [2.75, 3.05) is 18.0 Å². The monoisotopic (exact) mass is 246 g/mol. The molecule has 1 aliphatic heterocycles. The molecule has 0 atom stereocenters. The molecule has 0 bridgehead atoms. The molecule has 3 nitrogen and oxygen atoms in total. The van der Waals surface area contributed by atoms with Crippen LogP contribution in [0.1, 0.15) is 50.5 Å². The summed E-state index contributed by atoms with van der Waals surface area (Å²) in [6.45, 7) is 8.38. The quantitative estimate of drug-likeness (QED) is 0.767. The van der Waals surface area contributed by atoms with E-state index >= 15 is 0 Å². The van der Waals surface area contributed by atoms with Crippen LogP contribution in [0.5, 0.6) is 0 Å². The lowest BCUT2D eigenvalue weighted by molar-refractivity contribution is 0.101. The molecule has 1 aromatic heterocycles. The molecule has 2 rings (SSSR count). The number of rotatable bonds is 3. The first-order valence-corrected chi connectivity index (χ1v) is 6.76. The summed E-state index contributed by atoms with van der Waals surface area (Å²) in [6.07, 6.45) is 5.55. The maximum absolute atomic E-state index is 11.2. The van der Waals surface area contributed by atoms with Crippen LogP contribution in [0.4, 0.5) is 5.69 Å². The summed E-state index contributed by atoms with van der Waals surface area (Å²) in [4.78, 5) is 17.8. The molecule has 0 radical (unpaired) electrons. The zero-order valence-corrected chi connectivity index (χ0v) is 11.6. The number of ketones is 1. The van der Waals surface area contributed by atoms with Gasteiger partial charge in [0, 0.05) is 20.0 Å². The fourth-order valence-electron chi connectivity index (χ4n) is 2.44. The molecular formula is C15H22N2O. The van der Waals surface area contributed by atoms with Crippen molar-refractivity contribution in [3.8, 4) is 0 Å². The van der Waals surface area contributed by atoms with Gasteiger partial charge in [-0.1, -0.05) is 20.3 Å². The molecule has 3 heteroatoms. The zero-order chi connectivity index (χ0) is 13.2. The lowest BCUT2D eigenvalue weighted by Crippen LogP contribution is -2.38. The van der Waals surface area contributed by atoms with Crippen molar-refractivity contribution in [3.05, 3.63) is 24.0 Å². The summed E-state index contributed by atoms with van der Waals surface area (Å²) in [5, 5.41) is 0. The highest BCUT2D eigenvalue weighted by Crippen LogP contribution is 2.35. The first kappa shape index (κ1) is 13.1. The number of piperidine rings is 1. The van der Waals surface area contributed by atoms with Crippen molar-refractivity contribution in [2.24, 2.45) is 5.41 Å². The van der Waals surface area contributed by atoms with Crippen LogP contribution in [0.3, 0.4) is 0 Å². The first-order valence-electron chi connectivity index (χ1n) is 6.76. The Kier molecular flexibility index (Phi) is 3.69. The Morgan fingerprint density at radius 3 is 2.50 bits per heavy atom. The van der Waals surface area contributed by atoms with Gasteiger partial charge >= 0.3 is 0 Å². The maximum Gasteiger partial charge on any atom is 0.178 e. The molecule has 0 N–H and O–H groups in total. The van der Waals surface area contributed by atoms with E-state index in [2.05, 4.69) is 23.7 Å². The second-order valence-electron chi connectivity index (χ2n) is 5.61. The number of anilines is 1. The molecule has 1 saturated heterocycles. The summed E-state index contributed by atoms with van der Waals surface area (Å²) < 4.78 is 0. The number of aromatic nitrogens is 1. The second-order valence-corrected chi connectivity index (χ2v) is 5.61. The van der Waals surface area contributed by atoms with Crippen LogP contribution < -0.4 is 4.90 Å². The number of pyridine rings is 1. The van der Waals surface area contributed by atoms with E-state index in [0.29, 0.717) is 11.1 Å². The number of carbonyl (C=O) groups is 1. The molecule has 0 saturated carbocycles. The standard InChI is InChI=1S/C15H22N2O/c1-4-15(3)7-9-17(10-8-15)13-5-6-14(12(2)18)16-11-13/h5-6,11H,4,7-10H2,1-3H3. The molecule has 2 heterocycles. The molecule has 0 aromatic carbocycles. The molecule has 0 amide bonds. The molecule has 0 spiro atoms. The normalized spacial score (nSPS) is 18.7. The Bertz CT molecular complexity index is 417. The molecule has 18 heavy (non-hydrogen) atoms. The van der Waals surface area contributed by atoms with E-state index in [1.165, 1.54) is 19.3 Å². The smallest absolute Gasteiger partial charge is 0.178 e. The van der Waals surface area contributed by atoms with Crippen LogP contribution >= 0.6 is 0 Å². The Morgan fingerprint density at radius 2 is 2.06 bits per heavy atom. The number of carbonyl (C=O) groups excluding carboxylic acids is 1. The second kappa shape index (κ2) is 5.09. The van der Waals surface area contributed by atoms with E-state index in [1.807, 2.05) is 18.3 Å². The summed E-state index contributed by atoms with van der Waals surface area (Å²) in [5.41, 5.74) is 2.19. The van der Waals surface area contributed by atoms with Gasteiger partial charge in [-0.05, 0) is 30.4 Å². The Labute approximate surface area is 109 Å². The van der Waals surface area contributed by atoms with Crippen molar-refractivity contribution in [1.29, 1.82) is 0 Å². The first-order chi connectivity index (χ1) is 8.54. The SMILES string of the molecule is CCC1(C)CCN(c2ccc(C(C)=O)nc2)CC1. The van der Waals surface area contributed by atoms with Crippen LogP contribution in [0.2, 0.25) is 0 Å². The highest BCUT2D eigenvalue weighted by Gasteiger charge is 2.28. The van der Waals surface area contributed by atoms with Crippen molar-refractivity contribution in [1.82, 2.24) is 4.98 Å². The van der Waals surface area contributed by atoms with E-state index in [9.17, 15) is 4.79 Å². The Balaban J connectivity index is 2.03. The molecule has 98 valence electrons. The van der Waals surface area contributed by atoms with Crippen molar-refractivity contribution in [3.63, 3.8) is 0 Å². The molecule has 1 aliphatic rings. The van der Waals surface area contributed by atoms with Crippen molar-refractivity contribution < 1.29 is 4.79 Å². The number of Topliss-reactive ketones (excluding diaryl/α,β-unsaturated/α-hetero) is 1. The van der Waals surface area contributed by atoms with Crippen LogP contribution in [0, 0.1) is 5.41 Å². The summed E-state index contributed by atoms with van der Waals surface area (Å²) in [7, 11) is 0. The van der Waals surface area contributed by atoms with Gasteiger partial charge in [-0.3, -0.25) is 9.78 Å². The number of nitrogens with zero attached hydrogens (tertiary/aromatic N) is 2. The Morgan fingerprint density at radius 1 is 1.39 bits per heavy atom. The van der Waals surface area contributed by atoms with Crippen LogP contribution in [0.15, 0.2) is 18.3 Å². The molecule has 0 aliphatic carbocycles. The highest BCUT2D eigenvalue weighted by molar-refractivity contribution is 5.92. The average molecular weight is 246 g/mol. The van der Waals surface area contributed by atoms with Gasteiger partial charge in [-0.25, -0.2) is 0 Å². The average Bonchev–Trinajstić information content (AvgIpc) is 2.40. The van der Waals surface area contributed by atoms with Gasteiger partial charge in [-0.2, -0.15) is 0 Å². The van der Waals surface area contributed by atoms with Crippen LogP contribution in [0.25, 0.3) is 0 Å². The largest absolute Gasteiger partial charge is 0.370 e. The fraction of sp³-hybridized carbons (Fsp3) is 0.600. The van der Waals surface area contributed by atoms with Crippen LogP contribution in [-0.4, -0.2) is 23.9 Å². The Hall–Kier alpha value is -1.38. The van der Waals surface area contributed by atoms with E-state index in [1.54, 1.807) is 6.92 Å². The lowest BCUT2D eigenvalue weighted by Gasteiger charge is -2.39. The van der Waals surface area contributed by atoms with Crippen molar-refractivity contribution in [2.45, 2.75) is 40.0 Å². The summed E-state index contributed by atoms with van der Waals surface area (Å²) in [5.74, 6) is 0.0266. The van der Waals surface area contributed by atoms with E-state index in [4.69, 9.17) is 0 Å². The van der Waals surface area contributed by atoms with E-state index in [-0.39, 0.29) is 5.78 Å². The summed E-state index contributed by atoms with van der Waals surface area (Å²) >= 11 is 0. The predicted molar refractivity (Wildman–Crippen MR) is 74.1 cm³/mol. The highest BCUT2D eigenvalue weighted by atomic mass is 16.1. The molecular weight excluding hydrogens is 224 g/mol.